The molecule has 0 spiro atoms. The fraction of sp³-hybridized carbons (Fsp3) is 0.846. The zero-order valence-electron chi connectivity index (χ0n) is 12.2. The van der Waals surface area contributed by atoms with Crippen LogP contribution in [0.4, 0.5) is 4.79 Å². The van der Waals surface area contributed by atoms with Crippen LogP contribution < -0.4 is 10.6 Å². The van der Waals surface area contributed by atoms with Crippen LogP contribution in [0.2, 0.25) is 0 Å². The Balaban J connectivity index is 4.49. The number of urea groups is 1. The monoisotopic (exact) mass is 258 g/mol. The molecular weight excluding hydrogens is 232 g/mol. The van der Waals surface area contributed by atoms with Crippen LogP contribution in [0.1, 0.15) is 48.0 Å². The molecule has 5 nitrogen and oxygen atoms in total. The molecule has 0 saturated heterocycles. The second kappa shape index (κ2) is 6.61. The Morgan fingerprint density at radius 2 is 1.67 bits per heavy atom. The number of carboxylic acid groups (broad SMARTS) is 1. The molecule has 0 aliphatic rings. The van der Waals surface area contributed by atoms with Crippen LogP contribution in [-0.4, -0.2) is 29.2 Å². The maximum atomic E-state index is 11.7. The van der Waals surface area contributed by atoms with Crippen LogP contribution in [0.5, 0.6) is 0 Å². The Kier molecular flexibility index (Phi) is 6.15. The van der Waals surface area contributed by atoms with Gasteiger partial charge in [-0.1, -0.05) is 41.0 Å². The molecule has 0 bridgehead atoms. The van der Waals surface area contributed by atoms with Crippen LogP contribution in [0.3, 0.4) is 0 Å². The number of aliphatic carboxylic acids is 1. The Hall–Kier alpha value is -1.26. The Morgan fingerprint density at radius 3 is 2.00 bits per heavy atom. The van der Waals surface area contributed by atoms with Crippen molar-refractivity contribution in [2.24, 2.45) is 11.3 Å². The summed E-state index contributed by atoms with van der Waals surface area (Å²) in [5.74, 6) is -1.10. The predicted molar refractivity (Wildman–Crippen MR) is 71.5 cm³/mol. The second-order valence-electron chi connectivity index (χ2n) is 5.91. The SMILES string of the molecule is CCC(C)[C@H](NC(=O)NC(C)C(C)(C)C)C(=O)O. The van der Waals surface area contributed by atoms with E-state index in [1.165, 1.54) is 0 Å². The van der Waals surface area contributed by atoms with Crippen molar-refractivity contribution in [2.45, 2.75) is 60.0 Å². The van der Waals surface area contributed by atoms with Crippen molar-refractivity contribution in [1.82, 2.24) is 10.6 Å². The van der Waals surface area contributed by atoms with Gasteiger partial charge < -0.3 is 15.7 Å². The minimum Gasteiger partial charge on any atom is -0.480 e. The van der Waals surface area contributed by atoms with Gasteiger partial charge in [-0.2, -0.15) is 0 Å². The van der Waals surface area contributed by atoms with Gasteiger partial charge >= 0.3 is 12.0 Å². The van der Waals surface area contributed by atoms with Crippen LogP contribution in [-0.2, 0) is 4.79 Å². The van der Waals surface area contributed by atoms with E-state index in [1.54, 1.807) is 0 Å². The Bertz CT molecular complexity index is 297. The molecule has 2 amide bonds. The molecule has 0 rings (SSSR count). The summed E-state index contributed by atoms with van der Waals surface area (Å²) in [7, 11) is 0. The molecule has 3 N–H and O–H groups in total. The number of hydrogen-bond donors (Lipinski definition) is 3. The third-order valence-electron chi connectivity index (χ3n) is 3.41. The molecule has 0 aromatic carbocycles. The van der Waals surface area contributed by atoms with Gasteiger partial charge in [-0.25, -0.2) is 9.59 Å². The summed E-state index contributed by atoms with van der Waals surface area (Å²) >= 11 is 0. The first-order valence-electron chi connectivity index (χ1n) is 6.39. The average molecular weight is 258 g/mol. The molecule has 5 heteroatoms. The van der Waals surface area contributed by atoms with Crippen molar-refractivity contribution in [3.05, 3.63) is 0 Å². The highest BCUT2D eigenvalue weighted by Gasteiger charge is 2.27. The van der Waals surface area contributed by atoms with Crippen molar-refractivity contribution < 1.29 is 14.7 Å². The zero-order valence-corrected chi connectivity index (χ0v) is 12.2. The Labute approximate surface area is 109 Å². The Morgan fingerprint density at radius 1 is 1.17 bits per heavy atom. The van der Waals surface area contributed by atoms with Crippen molar-refractivity contribution in [2.75, 3.05) is 0 Å². The van der Waals surface area contributed by atoms with Gasteiger partial charge in [-0.15, -0.1) is 0 Å². The molecular formula is C13H26N2O3. The number of carbonyl (C=O) groups excluding carboxylic acids is 1. The van der Waals surface area contributed by atoms with E-state index in [2.05, 4.69) is 10.6 Å². The average Bonchev–Trinajstić information content (AvgIpc) is 2.23. The van der Waals surface area contributed by atoms with Crippen molar-refractivity contribution in [3.63, 3.8) is 0 Å². The van der Waals surface area contributed by atoms with Crippen LogP contribution in [0.25, 0.3) is 0 Å². The number of carbonyl (C=O) groups is 2. The van der Waals surface area contributed by atoms with Crippen molar-refractivity contribution >= 4 is 12.0 Å². The molecule has 0 radical (unpaired) electrons. The molecule has 106 valence electrons. The lowest BCUT2D eigenvalue weighted by Gasteiger charge is -2.29. The normalized spacial score (nSPS) is 16.6. The van der Waals surface area contributed by atoms with Gasteiger partial charge in [-0.05, 0) is 18.3 Å². The second-order valence-corrected chi connectivity index (χ2v) is 5.91. The lowest BCUT2D eigenvalue weighted by atomic mass is 9.88. The number of hydrogen-bond acceptors (Lipinski definition) is 2. The molecule has 0 aliphatic carbocycles. The summed E-state index contributed by atoms with van der Waals surface area (Å²) in [6.07, 6.45) is 0.700. The van der Waals surface area contributed by atoms with E-state index in [4.69, 9.17) is 5.11 Å². The van der Waals surface area contributed by atoms with E-state index in [1.807, 2.05) is 41.5 Å². The molecule has 0 aromatic heterocycles. The maximum Gasteiger partial charge on any atom is 0.326 e. The fourth-order valence-electron chi connectivity index (χ4n) is 1.28. The van der Waals surface area contributed by atoms with Crippen molar-refractivity contribution in [3.8, 4) is 0 Å². The van der Waals surface area contributed by atoms with Gasteiger partial charge in [0.15, 0.2) is 0 Å². The summed E-state index contributed by atoms with van der Waals surface area (Å²) in [6, 6.07) is -1.31. The lowest BCUT2D eigenvalue weighted by Crippen LogP contribution is -2.53. The number of carboxylic acids is 1. The minimum absolute atomic E-state index is 0.0381. The summed E-state index contributed by atoms with van der Waals surface area (Å²) in [6.45, 7) is 11.7. The number of rotatable bonds is 5. The van der Waals surface area contributed by atoms with E-state index in [0.29, 0.717) is 6.42 Å². The lowest BCUT2D eigenvalue weighted by molar-refractivity contribution is -0.140. The fourth-order valence-corrected chi connectivity index (χ4v) is 1.28. The standard InChI is InChI=1S/C13H26N2O3/c1-7-8(2)10(11(16)17)15-12(18)14-9(3)13(4,5)6/h8-10H,7H2,1-6H3,(H,16,17)(H2,14,15,18)/t8?,9?,10-/m0/s1. The number of amides is 2. The van der Waals surface area contributed by atoms with E-state index < -0.39 is 18.0 Å². The number of nitrogens with one attached hydrogen (secondary N) is 2. The zero-order chi connectivity index (χ0) is 14.5. The van der Waals surface area contributed by atoms with Gasteiger partial charge in [0.1, 0.15) is 6.04 Å². The molecule has 0 aromatic rings. The molecule has 0 aliphatic heterocycles. The summed E-state index contributed by atoms with van der Waals surface area (Å²) < 4.78 is 0. The smallest absolute Gasteiger partial charge is 0.326 e. The van der Waals surface area contributed by atoms with Gasteiger partial charge in [0, 0.05) is 6.04 Å². The van der Waals surface area contributed by atoms with E-state index in [-0.39, 0.29) is 17.4 Å². The van der Waals surface area contributed by atoms with E-state index in [0.717, 1.165) is 0 Å². The molecule has 2 unspecified atom stereocenters. The molecule has 0 fully saturated rings. The highest BCUT2D eigenvalue weighted by atomic mass is 16.4. The minimum atomic E-state index is -0.997. The molecule has 18 heavy (non-hydrogen) atoms. The first-order valence-corrected chi connectivity index (χ1v) is 6.39. The first-order chi connectivity index (χ1) is 8.09. The first kappa shape index (κ1) is 16.7. The van der Waals surface area contributed by atoms with Gasteiger partial charge in [0.25, 0.3) is 0 Å². The third kappa shape index (κ3) is 5.38. The van der Waals surface area contributed by atoms with Gasteiger partial charge in [-0.3, -0.25) is 0 Å². The van der Waals surface area contributed by atoms with Crippen LogP contribution >= 0.6 is 0 Å². The summed E-state index contributed by atoms with van der Waals surface area (Å²) in [4.78, 5) is 22.8. The van der Waals surface area contributed by atoms with E-state index in [9.17, 15) is 9.59 Å². The largest absolute Gasteiger partial charge is 0.480 e. The molecule has 0 saturated carbocycles. The highest BCUT2D eigenvalue weighted by molar-refractivity contribution is 5.82. The third-order valence-corrected chi connectivity index (χ3v) is 3.41. The molecule has 0 heterocycles. The van der Waals surface area contributed by atoms with Gasteiger partial charge in [0.05, 0.1) is 0 Å². The summed E-state index contributed by atoms with van der Waals surface area (Å²) in [5, 5.41) is 14.4. The van der Waals surface area contributed by atoms with Crippen LogP contribution in [0, 0.1) is 11.3 Å². The highest BCUT2D eigenvalue weighted by Crippen LogP contribution is 2.18. The van der Waals surface area contributed by atoms with Gasteiger partial charge in [0.2, 0.25) is 0 Å². The molecule has 3 atom stereocenters. The van der Waals surface area contributed by atoms with E-state index >= 15 is 0 Å². The van der Waals surface area contributed by atoms with Crippen LogP contribution in [0.15, 0.2) is 0 Å². The van der Waals surface area contributed by atoms with Crippen molar-refractivity contribution in [1.29, 1.82) is 0 Å². The maximum absolute atomic E-state index is 11.7. The predicted octanol–water partition coefficient (Wildman–Crippen LogP) is 2.22. The summed E-state index contributed by atoms with van der Waals surface area (Å²) in [5.41, 5.74) is -0.0631. The quantitative estimate of drug-likeness (QED) is 0.707. The topological polar surface area (TPSA) is 78.4 Å².